The van der Waals surface area contributed by atoms with Crippen molar-refractivity contribution in [1.82, 2.24) is 15.8 Å². The Morgan fingerprint density at radius 2 is 1.89 bits per heavy atom. The monoisotopic (exact) mass is 377 g/mol. The van der Waals surface area contributed by atoms with Crippen LogP contribution in [0, 0.1) is 11.8 Å². The van der Waals surface area contributed by atoms with Crippen molar-refractivity contribution in [2.24, 2.45) is 11.8 Å². The summed E-state index contributed by atoms with van der Waals surface area (Å²) in [6.07, 6.45) is 2.76. The van der Waals surface area contributed by atoms with Crippen molar-refractivity contribution in [2.45, 2.75) is 31.3 Å². The number of hydrazine groups is 1. The third-order valence-electron chi connectivity index (χ3n) is 6.47. The van der Waals surface area contributed by atoms with Gasteiger partial charge in [-0.25, -0.2) is 0 Å². The summed E-state index contributed by atoms with van der Waals surface area (Å²) in [5.74, 6) is 1.55. The second-order valence-electron chi connectivity index (χ2n) is 8.25. The van der Waals surface area contributed by atoms with E-state index in [9.17, 15) is 4.79 Å². The fourth-order valence-corrected chi connectivity index (χ4v) is 4.91. The molecular formula is C23H27N3O2. The number of carbonyl (C=O) groups is 1. The lowest BCUT2D eigenvalue weighted by Gasteiger charge is -2.38. The summed E-state index contributed by atoms with van der Waals surface area (Å²) in [6, 6.07) is 19.5. The summed E-state index contributed by atoms with van der Waals surface area (Å²) in [5.41, 5.74) is 9.44. The van der Waals surface area contributed by atoms with Crippen LogP contribution in [0.3, 0.4) is 0 Å². The van der Waals surface area contributed by atoms with Gasteiger partial charge in [0.25, 0.3) is 0 Å². The van der Waals surface area contributed by atoms with Crippen LogP contribution in [0.5, 0.6) is 5.75 Å². The third kappa shape index (κ3) is 3.40. The lowest BCUT2D eigenvalue weighted by atomic mass is 9.84. The van der Waals surface area contributed by atoms with Gasteiger partial charge in [-0.05, 0) is 36.5 Å². The number of hydrogen-bond acceptors (Lipinski definition) is 4. The van der Waals surface area contributed by atoms with E-state index >= 15 is 0 Å². The van der Waals surface area contributed by atoms with E-state index in [2.05, 4.69) is 52.1 Å². The highest BCUT2D eigenvalue weighted by molar-refractivity contribution is 5.80. The Kier molecular flexibility index (Phi) is 4.79. The maximum Gasteiger partial charge on any atom is 0.229 e. The molecule has 1 amide bonds. The van der Waals surface area contributed by atoms with Crippen LogP contribution in [-0.2, 0) is 17.6 Å². The molecule has 4 atom stereocenters. The second kappa shape index (κ2) is 7.57. The maximum atomic E-state index is 13.2. The minimum atomic E-state index is -0.0682. The van der Waals surface area contributed by atoms with Gasteiger partial charge in [0.2, 0.25) is 5.91 Å². The molecule has 3 heterocycles. The predicted molar refractivity (Wildman–Crippen MR) is 108 cm³/mol. The number of nitrogens with zero attached hydrogens (tertiary/aromatic N) is 1. The van der Waals surface area contributed by atoms with E-state index in [0.29, 0.717) is 24.6 Å². The Morgan fingerprint density at radius 1 is 1.07 bits per heavy atom. The van der Waals surface area contributed by atoms with Gasteiger partial charge in [0.05, 0.1) is 5.92 Å². The highest BCUT2D eigenvalue weighted by atomic mass is 16.5. The molecule has 3 aliphatic rings. The van der Waals surface area contributed by atoms with Crippen molar-refractivity contribution in [2.75, 3.05) is 19.7 Å². The van der Waals surface area contributed by atoms with Gasteiger partial charge in [0.1, 0.15) is 12.4 Å². The highest BCUT2D eigenvalue weighted by Crippen LogP contribution is 2.31. The number of nitrogens with one attached hydrogen (secondary N) is 2. The summed E-state index contributed by atoms with van der Waals surface area (Å²) in [4.78, 5) is 15.3. The molecule has 5 rings (SSSR count). The van der Waals surface area contributed by atoms with Crippen LogP contribution in [0.4, 0.5) is 0 Å². The molecule has 4 unspecified atom stereocenters. The molecular weight excluding hydrogens is 350 g/mol. The first-order valence-electron chi connectivity index (χ1n) is 10.3. The average Bonchev–Trinajstić information content (AvgIpc) is 3.15. The van der Waals surface area contributed by atoms with Crippen LogP contribution in [-0.4, -0.2) is 42.6 Å². The predicted octanol–water partition coefficient (Wildman–Crippen LogP) is 2.17. The largest absolute Gasteiger partial charge is 0.492 e. The van der Waals surface area contributed by atoms with E-state index in [1.807, 2.05) is 18.2 Å². The number of benzene rings is 2. The number of ether oxygens (including phenoxy) is 1. The van der Waals surface area contributed by atoms with E-state index in [4.69, 9.17) is 4.74 Å². The van der Waals surface area contributed by atoms with E-state index in [-0.39, 0.29) is 11.8 Å². The van der Waals surface area contributed by atoms with Gasteiger partial charge in [0, 0.05) is 31.1 Å². The number of fused-ring (bicyclic) bond motifs is 2. The molecule has 5 nitrogen and oxygen atoms in total. The summed E-state index contributed by atoms with van der Waals surface area (Å²) in [5, 5.41) is 0. The standard InChI is InChI=1S/C23H27N3O2/c27-23(18-13-17-8-4-5-9-22(17)28-15-18)26-11-10-20-19(14-26)21(25-24-20)12-16-6-2-1-3-7-16/h1-9,18-21,24-25H,10-15H2. The topological polar surface area (TPSA) is 53.6 Å². The Labute approximate surface area is 166 Å². The van der Waals surface area contributed by atoms with Crippen molar-refractivity contribution in [3.05, 3.63) is 65.7 Å². The minimum absolute atomic E-state index is 0.0682. The zero-order valence-corrected chi connectivity index (χ0v) is 16.0. The molecule has 0 radical (unpaired) electrons. The quantitative estimate of drug-likeness (QED) is 0.861. The SMILES string of the molecule is O=C(C1COc2ccccc2C1)N1CCC2NNC(Cc3ccccc3)C2C1. The zero-order valence-electron chi connectivity index (χ0n) is 16.0. The van der Waals surface area contributed by atoms with Gasteiger partial charge in [-0.3, -0.25) is 15.6 Å². The van der Waals surface area contributed by atoms with Crippen LogP contribution in [0.15, 0.2) is 54.6 Å². The van der Waals surface area contributed by atoms with E-state index in [1.54, 1.807) is 0 Å². The molecule has 2 aromatic rings. The molecule has 5 heteroatoms. The second-order valence-corrected chi connectivity index (χ2v) is 8.25. The number of carbonyl (C=O) groups excluding carboxylic acids is 1. The van der Waals surface area contributed by atoms with Gasteiger partial charge in [-0.1, -0.05) is 48.5 Å². The van der Waals surface area contributed by atoms with Crippen molar-refractivity contribution < 1.29 is 9.53 Å². The zero-order chi connectivity index (χ0) is 18.9. The number of hydrogen-bond donors (Lipinski definition) is 2. The summed E-state index contributed by atoms with van der Waals surface area (Å²) < 4.78 is 5.86. The summed E-state index contributed by atoms with van der Waals surface area (Å²) in [7, 11) is 0. The molecule has 2 aromatic carbocycles. The van der Waals surface area contributed by atoms with Crippen LogP contribution in [0.1, 0.15) is 17.5 Å². The van der Waals surface area contributed by atoms with Crippen molar-refractivity contribution >= 4 is 5.91 Å². The molecule has 0 aromatic heterocycles. The molecule has 3 aliphatic heterocycles. The number of rotatable bonds is 3. The molecule has 2 N–H and O–H groups in total. The van der Waals surface area contributed by atoms with Crippen LogP contribution >= 0.6 is 0 Å². The molecule has 146 valence electrons. The number of para-hydroxylation sites is 1. The molecule has 0 saturated carbocycles. The van der Waals surface area contributed by atoms with Crippen molar-refractivity contribution in [3.8, 4) is 5.75 Å². The molecule has 28 heavy (non-hydrogen) atoms. The number of amides is 1. The smallest absolute Gasteiger partial charge is 0.229 e. The van der Waals surface area contributed by atoms with Crippen LogP contribution in [0.2, 0.25) is 0 Å². The molecule has 0 bridgehead atoms. The first kappa shape index (κ1) is 17.7. The number of piperidine rings is 1. The van der Waals surface area contributed by atoms with Crippen molar-refractivity contribution in [1.29, 1.82) is 0 Å². The molecule has 0 spiro atoms. The Morgan fingerprint density at radius 3 is 2.79 bits per heavy atom. The fraction of sp³-hybridized carbons (Fsp3) is 0.435. The van der Waals surface area contributed by atoms with Gasteiger partial charge in [-0.2, -0.15) is 0 Å². The van der Waals surface area contributed by atoms with Crippen LogP contribution < -0.4 is 15.6 Å². The van der Waals surface area contributed by atoms with E-state index in [1.165, 1.54) is 5.56 Å². The van der Waals surface area contributed by atoms with Gasteiger partial charge in [-0.15, -0.1) is 0 Å². The maximum absolute atomic E-state index is 13.2. The lowest BCUT2D eigenvalue weighted by Crippen LogP contribution is -2.51. The van der Waals surface area contributed by atoms with Crippen molar-refractivity contribution in [3.63, 3.8) is 0 Å². The summed E-state index contributed by atoms with van der Waals surface area (Å²) in [6.45, 7) is 2.13. The van der Waals surface area contributed by atoms with Gasteiger partial charge in [0.15, 0.2) is 0 Å². The van der Waals surface area contributed by atoms with Crippen LogP contribution in [0.25, 0.3) is 0 Å². The molecule has 0 aliphatic carbocycles. The molecule has 2 saturated heterocycles. The third-order valence-corrected chi connectivity index (χ3v) is 6.47. The Balaban J connectivity index is 1.25. The van der Waals surface area contributed by atoms with Gasteiger partial charge < -0.3 is 9.64 Å². The van der Waals surface area contributed by atoms with E-state index in [0.717, 1.165) is 43.7 Å². The highest BCUT2D eigenvalue weighted by Gasteiger charge is 2.42. The first-order chi connectivity index (χ1) is 13.8. The molecule has 2 fully saturated rings. The normalized spacial score (nSPS) is 28.9. The Hall–Kier alpha value is -2.37. The van der Waals surface area contributed by atoms with Gasteiger partial charge >= 0.3 is 0 Å². The first-order valence-corrected chi connectivity index (χ1v) is 10.3. The fourth-order valence-electron chi connectivity index (χ4n) is 4.91. The summed E-state index contributed by atoms with van der Waals surface area (Å²) >= 11 is 0. The average molecular weight is 377 g/mol. The Bertz CT molecular complexity index is 841. The van der Waals surface area contributed by atoms with E-state index < -0.39 is 0 Å². The number of likely N-dealkylation sites (tertiary alicyclic amines) is 1. The minimum Gasteiger partial charge on any atom is -0.492 e. The lowest BCUT2D eigenvalue weighted by molar-refractivity contribution is -0.139.